The first-order valence-electron chi connectivity index (χ1n) is 10.4. The molecule has 0 amide bonds. The Labute approximate surface area is 166 Å². The SMILES string of the molecule is C=CCn1c(C)cc(C(=O)COC(=O)CC23C[C@@H]4C[C@@H](CC(O)(C4)C2)C3)c1C. The Morgan fingerprint density at radius 1 is 1.29 bits per heavy atom. The molecule has 1 aromatic heterocycles. The Morgan fingerprint density at radius 3 is 2.57 bits per heavy atom. The Balaban J connectivity index is 1.37. The van der Waals surface area contributed by atoms with E-state index >= 15 is 0 Å². The second-order valence-corrected chi connectivity index (χ2v) is 9.63. The molecule has 0 aromatic carbocycles. The van der Waals surface area contributed by atoms with E-state index in [1.165, 1.54) is 6.42 Å². The molecule has 2 unspecified atom stereocenters. The number of carbonyl (C=O) groups is 2. The van der Waals surface area contributed by atoms with Crippen molar-refractivity contribution in [2.24, 2.45) is 17.3 Å². The van der Waals surface area contributed by atoms with E-state index in [1.54, 1.807) is 6.08 Å². The molecule has 4 atom stereocenters. The molecular weight excluding hydrogens is 354 g/mol. The fourth-order valence-corrected chi connectivity index (χ4v) is 6.68. The van der Waals surface area contributed by atoms with Gasteiger partial charge in [0.1, 0.15) is 0 Å². The molecule has 4 saturated carbocycles. The van der Waals surface area contributed by atoms with Gasteiger partial charge in [-0.2, -0.15) is 0 Å². The average molecular weight is 386 g/mol. The summed E-state index contributed by atoms with van der Waals surface area (Å²) in [4.78, 5) is 25.2. The van der Waals surface area contributed by atoms with Gasteiger partial charge in [-0.05, 0) is 75.7 Å². The predicted octanol–water partition coefficient (Wildman–Crippen LogP) is 3.74. The molecule has 4 aliphatic rings. The summed E-state index contributed by atoms with van der Waals surface area (Å²) in [5.41, 5.74) is 1.77. The highest BCUT2D eigenvalue weighted by molar-refractivity contribution is 5.99. The third-order valence-corrected chi connectivity index (χ3v) is 7.22. The van der Waals surface area contributed by atoms with Crippen LogP contribution >= 0.6 is 0 Å². The summed E-state index contributed by atoms with van der Waals surface area (Å²) in [5, 5.41) is 10.8. The third-order valence-electron chi connectivity index (χ3n) is 7.22. The van der Waals surface area contributed by atoms with Gasteiger partial charge >= 0.3 is 5.97 Å². The summed E-state index contributed by atoms with van der Waals surface area (Å²) in [5.74, 6) is 0.603. The first kappa shape index (κ1) is 19.4. The molecule has 4 bridgehead atoms. The van der Waals surface area contributed by atoms with Crippen molar-refractivity contribution in [3.63, 3.8) is 0 Å². The lowest BCUT2D eigenvalue weighted by Gasteiger charge is -2.60. The second kappa shape index (κ2) is 6.87. The van der Waals surface area contributed by atoms with Gasteiger partial charge in [0, 0.05) is 23.5 Å². The van der Waals surface area contributed by atoms with Gasteiger partial charge in [-0.3, -0.25) is 9.59 Å². The van der Waals surface area contributed by atoms with Gasteiger partial charge in [-0.25, -0.2) is 0 Å². The van der Waals surface area contributed by atoms with Gasteiger partial charge in [0.2, 0.25) is 5.78 Å². The summed E-state index contributed by atoms with van der Waals surface area (Å²) in [6.45, 7) is 8.05. The number of ether oxygens (including phenoxy) is 1. The van der Waals surface area contributed by atoms with Crippen LogP contribution in [-0.4, -0.2) is 33.6 Å². The molecule has 1 heterocycles. The van der Waals surface area contributed by atoms with Crippen molar-refractivity contribution in [1.82, 2.24) is 4.57 Å². The highest BCUT2D eigenvalue weighted by atomic mass is 16.5. The molecule has 1 aromatic rings. The Morgan fingerprint density at radius 2 is 1.96 bits per heavy atom. The van der Waals surface area contributed by atoms with Gasteiger partial charge in [-0.1, -0.05) is 6.08 Å². The van der Waals surface area contributed by atoms with Crippen LogP contribution in [-0.2, 0) is 16.1 Å². The number of aryl methyl sites for hydroxylation is 1. The molecule has 0 spiro atoms. The molecule has 5 rings (SSSR count). The Bertz CT molecular complexity index is 807. The molecular formula is C23H31NO4. The molecule has 5 nitrogen and oxygen atoms in total. The third kappa shape index (κ3) is 3.45. The zero-order valence-electron chi connectivity index (χ0n) is 17.0. The van der Waals surface area contributed by atoms with Crippen molar-refractivity contribution >= 4 is 11.8 Å². The topological polar surface area (TPSA) is 68.5 Å². The van der Waals surface area contributed by atoms with E-state index in [0.29, 0.717) is 36.8 Å². The van der Waals surface area contributed by atoms with Crippen molar-refractivity contribution in [2.75, 3.05) is 6.61 Å². The summed E-state index contributed by atoms with van der Waals surface area (Å²) >= 11 is 0. The van der Waals surface area contributed by atoms with Crippen LogP contribution < -0.4 is 0 Å². The number of rotatable bonds is 7. The van der Waals surface area contributed by atoms with Crippen molar-refractivity contribution < 1.29 is 19.4 Å². The highest BCUT2D eigenvalue weighted by Crippen LogP contribution is 2.62. The highest BCUT2D eigenvalue weighted by Gasteiger charge is 2.57. The maximum atomic E-state index is 12.6. The maximum absolute atomic E-state index is 12.6. The monoisotopic (exact) mass is 385 g/mol. The van der Waals surface area contributed by atoms with Crippen LogP contribution in [0.3, 0.4) is 0 Å². The first-order valence-corrected chi connectivity index (χ1v) is 10.4. The van der Waals surface area contributed by atoms with Crippen LogP contribution in [0, 0.1) is 31.1 Å². The van der Waals surface area contributed by atoms with E-state index < -0.39 is 5.60 Å². The summed E-state index contributed by atoms with van der Waals surface area (Å²) in [6.07, 6.45) is 7.82. The molecule has 4 aliphatic carbocycles. The summed E-state index contributed by atoms with van der Waals surface area (Å²) < 4.78 is 7.42. The van der Waals surface area contributed by atoms with Crippen molar-refractivity contribution in [3.05, 3.63) is 35.7 Å². The van der Waals surface area contributed by atoms with Gasteiger partial charge in [0.05, 0.1) is 12.0 Å². The number of hydrogen-bond donors (Lipinski definition) is 1. The van der Waals surface area contributed by atoms with Gasteiger partial charge < -0.3 is 14.4 Å². The van der Waals surface area contributed by atoms with Gasteiger partial charge in [0.15, 0.2) is 6.61 Å². The molecule has 4 fully saturated rings. The number of Topliss-reactive ketones (excluding diaryl/α,β-unsaturated/α-hetero) is 1. The van der Waals surface area contributed by atoms with Gasteiger partial charge in [0.25, 0.3) is 0 Å². The van der Waals surface area contributed by atoms with E-state index in [4.69, 9.17) is 4.74 Å². The number of nitrogens with zero attached hydrogens (tertiary/aromatic N) is 1. The molecule has 152 valence electrons. The van der Waals surface area contributed by atoms with Crippen LogP contribution in [0.15, 0.2) is 18.7 Å². The zero-order valence-corrected chi connectivity index (χ0v) is 17.0. The zero-order chi connectivity index (χ0) is 20.1. The number of hydrogen-bond acceptors (Lipinski definition) is 4. The van der Waals surface area contributed by atoms with Crippen LogP contribution in [0.4, 0.5) is 0 Å². The van der Waals surface area contributed by atoms with E-state index in [2.05, 4.69) is 6.58 Å². The van der Waals surface area contributed by atoms with Gasteiger partial charge in [-0.15, -0.1) is 6.58 Å². The Kier molecular flexibility index (Phi) is 4.77. The quantitative estimate of drug-likeness (QED) is 0.441. The number of ketones is 1. The minimum atomic E-state index is -0.580. The number of carbonyl (C=O) groups excluding carboxylic acids is 2. The van der Waals surface area contributed by atoms with E-state index in [1.807, 2.05) is 24.5 Å². The molecule has 28 heavy (non-hydrogen) atoms. The van der Waals surface area contributed by atoms with Crippen LogP contribution in [0.2, 0.25) is 0 Å². The number of esters is 1. The minimum absolute atomic E-state index is 0.126. The fraction of sp³-hybridized carbons (Fsp3) is 0.652. The minimum Gasteiger partial charge on any atom is -0.457 e. The molecule has 0 radical (unpaired) electrons. The van der Waals surface area contributed by atoms with Crippen molar-refractivity contribution in [1.29, 1.82) is 0 Å². The molecule has 1 N–H and O–H groups in total. The van der Waals surface area contributed by atoms with Crippen molar-refractivity contribution in [3.8, 4) is 0 Å². The maximum Gasteiger partial charge on any atom is 0.306 e. The Hall–Kier alpha value is -1.88. The van der Waals surface area contributed by atoms with Crippen LogP contribution in [0.1, 0.15) is 66.7 Å². The first-order chi connectivity index (χ1) is 13.2. The number of aromatic nitrogens is 1. The fourth-order valence-electron chi connectivity index (χ4n) is 6.68. The lowest BCUT2D eigenvalue weighted by atomic mass is 9.47. The van der Waals surface area contributed by atoms with Crippen molar-refractivity contribution in [2.45, 2.75) is 70.9 Å². The average Bonchev–Trinajstić information content (AvgIpc) is 2.85. The molecule has 5 heteroatoms. The van der Waals surface area contributed by atoms with Crippen LogP contribution in [0.5, 0.6) is 0 Å². The largest absolute Gasteiger partial charge is 0.457 e. The lowest BCUT2D eigenvalue weighted by Crippen LogP contribution is -2.56. The summed E-state index contributed by atoms with van der Waals surface area (Å²) in [6, 6.07) is 1.85. The van der Waals surface area contributed by atoms with Crippen LogP contribution in [0.25, 0.3) is 0 Å². The van der Waals surface area contributed by atoms with E-state index in [9.17, 15) is 14.7 Å². The van der Waals surface area contributed by atoms with E-state index in [0.717, 1.165) is 37.1 Å². The normalized spacial score (nSPS) is 33.1. The molecule has 0 saturated heterocycles. The standard InChI is InChI=1S/C23H31NO4/c1-4-5-24-15(2)6-19(16(24)3)20(25)13-28-21(26)12-22-8-17-7-18(9-22)11-23(27,10-17)14-22/h4,6,17-18,27H,1,5,7-14H2,2-3H3/t17-,18+,22?,23?. The number of aliphatic hydroxyl groups is 1. The molecule has 0 aliphatic heterocycles. The second-order valence-electron chi connectivity index (χ2n) is 9.63. The lowest BCUT2D eigenvalue weighted by molar-refractivity contribution is -0.176. The smallest absolute Gasteiger partial charge is 0.306 e. The summed E-state index contributed by atoms with van der Waals surface area (Å²) in [7, 11) is 0. The van der Waals surface area contributed by atoms with E-state index in [-0.39, 0.29) is 23.8 Å². The number of allylic oxidation sites excluding steroid dienone is 1. The predicted molar refractivity (Wildman–Crippen MR) is 106 cm³/mol.